The first-order chi connectivity index (χ1) is 14.2. The fourth-order valence-corrected chi connectivity index (χ4v) is 3.70. The lowest BCUT2D eigenvalue weighted by Crippen LogP contribution is -2.38. The number of ether oxygens (including phenoxy) is 1. The average Bonchev–Trinajstić information content (AvgIpc) is 3.24. The molecule has 0 saturated carbocycles. The number of nitrogens with zero attached hydrogens (tertiary/aromatic N) is 4. The molecule has 1 fully saturated rings. The van der Waals surface area contributed by atoms with Gasteiger partial charge in [-0.25, -0.2) is 0 Å². The smallest absolute Gasteiger partial charge is 0.103 e. The molecule has 0 amide bonds. The highest BCUT2D eigenvalue weighted by molar-refractivity contribution is 6.11. The summed E-state index contributed by atoms with van der Waals surface area (Å²) in [5, 5.41) is 4.54. The van der Waals surface area contributed by atoms with Crippen LogP contribution < -0.4 is 5.73 Å². The van der Waals surface area contributed by atoms with E-state index >= 15 is 0 Å². The van der Waals surface area contributed by atoms with E-state index in [0.717, 1.165) is 61.8 Å². The van der Waals surface area contributed by atoms with Crippen molar-refractivity contribution in [1.82, 2.24) is 14.7 Å². The van der Waals surface area contributed by atoms with Crippen molar-refractivity contribution in [3.05, 3.63) is 84.4 Å². The Kier molecular flexibility index (Phi) is 5.85. The Morgan fingerprint density at radius 3 is 2.72 bits per heavy atom. The van der Waals surface area contributed by atoms with Gasteiger partial charge in [-0.15, -0.1) is 0 Å². The van der Waals surface area contributed by atoms with Crippen LogP contribution in [0.5, 0.6) is 0 Å². The van der Waals surface area contributed by atoms with Crippen molar-refractivity contribution in [1.29, 1.82) is 0 Å². The highest BCUT2D eigenvalue weighted by Gasteiger charge is 2.32. The summed E-state index contributed by atoms with van der Waals surface area (Å²) in [4.78, 5) is 7.05. The zero-order valence-corrected chi connectivity index (χ0v) is 16.6. The standard InChI is InChI=1S/C23H27N5O/c1-2-6-22-23(24,21-7-4-3-5-8-21)15-19(16-25-22)20-17-26-28(18-20)10-9-27-11-13-29-14-12-27/h2-8,15-18H,1,9-14,24H2/b22-6+. The molecule has 1 atom stereocenters. The number of dihydropyridines is 1. The quantitative estimate of drug-likeness (QED) is 0.825. The van der Waals surface area contributed by atoms with Crippen molar-refractivity contribution >= 4 is 11.8 Å². The van der Waals surface area contributed by atoms with Crippen LogP contribution in [0.3, 0.4) is 0 Å². The lowest BCUT2D eigenvalue weighted by atomic mass is 9.83. The summed E-state index contributed by atoms with van der Waals surface area (Å²) in [6.07, 6.45) is 11.4. The van der Waals surface area contributed by atoms with Gasteiger partial charge >= 0.3 is 0 Å². The van der Waals surface area contributed by atoms with Crippen molar-refractivity contribution < 1.29 is 4.74 Å². The minimum Gasteiger partial charge on any atom is -0.379 e. The number of aromatic nitrogens is 2. The molecule has 29 heavy (non-hydrogen) atoms. The van der Waals surface area contributed by atoms with Gasteiger partial charge in [0.25, 0.3) is 0 Å². The zero-order chi connectivity index (χ0) is 20.1. The predicted octanol–water partition coefficient (Wildman–Crippen LogP) is 2.61. The van der Waals surface area contributed by atoms with Crippen LogP contribution in [0.4, 0.5) is 0 Å². The highest BCUT2D eigenvalue weighted by Crippen LogP contribution is 2.35. The molecule has 4 rings (SSSR count). The van der Waals surface area contributed by atoms with Gasteiger partial charge in [-0.05, 0) is 17.7 Å². The summed E-state index contributed by atoms with van der Waals surface area (Å²) in [5.74, 6) is 0. The lowest BCUT2D eigenvalue weighted by Gasteiger charge is -2.30. The van der Waals surface area contributed by atoms with E-state index in [0.29, 0.717) is 0 Å². The molecule has 1 aromatic carbocycles. The molecule has 0 bridgehead atoms. The molecule has 3 heterocycles. The molecular weight excluding hydrogens is 362 g/mol. The zero-order valence-electron chi connectivity index (χ0n) is 16.6. The molecule has 6 nitrogen and oxygen atoms in total. The average molecular weight is 390 g/mol. The van der Waals surface area contributed by atoms with Crippen LogP contribution in [0.1, 0.15) is 11.1 Å². The van der Waals surface area contributed by atoms with Gasteiger partial charge in [0.15, 0.2) is 0 Å². The fourth-order valence-electron chi connectivity index (χ4n) is 3.70. The van der Waals surface area contributed by atoms with Crippen molar-refractivity contribution in [2.75, 3.05) is 32.8 Å². The summed E-state index contributed by atoms with van der Waals surface area (Å²) in [6, 6.07) is 10.0. The second-order valence-corrected chi connectivity index (χ2v) is 7.33. The van der Waals surface area contributed by atoms with E-state index < -0.39 is 5.54 Å². The molecule has 0 aliphatic carbocycles. The van der Waals surface area contributed by atoms with E-state index in [1.807, 2.05) is 53.5 Å². The van der Waals surface area contributed by atoms with Crippen molar-refractivity contribution in [2.24, 2.45) is 10.7 Å². The van der Waals surface area contributed by atoms with Gasteiger partial charge in [-0.3, -0.25) is 14.6 Å². The number of rotatable bonds is 6. The molecule has 6 heteroatoms. The van der Waals surface area contributed by atoms with E-state index in [1.165, 1.54) is 0 Å². The molecule has 0 spiro atoms. The second-order valence-electron chi connectivity index (χ2n) is 7.33. The van der Waals surface area contributed by atoms with Crippen LogP contribution in [-0.4, -0.2) is 53.7 Å². The predicted molar refractivity (Wildman–Crippen MR) is 117 cm³/mol. The molecule has 0 radical (unpaired) electrons. The van der Waals surface area contributed by atoms with Crippen LogP contribution in [0, 0.1) is 0 Å². The van der Waals surface area contributed by atoms with Gasteiger partial charge in [-0.1, -0.05) is 43.0 Å². The van der Waals surface area contributed by atoms with Gasteiger partial charge < -0.3 is 10.5 Å². The number of nitrogens with two attached hydrogens (primary N) is 1. The maximum atomic E-state index is 6.85. The Hall–Kier alpha value is -2.80. The first kappa shape index (κ1) is 19.5. The van der Waals surface area contributed by atoms with E-state index in [-0.39, 0.29) is 0 Å². The van der Waals surface area contributed by atoms with Gasteiger partial charge in [-0.2, -0.15) is 5.10 Å². The number of benzene rings is 1. The second kappa shape index (κ2) is 8.69. The number of aliphatic imine (C=N–C) groups is 1. The SMILES string of the molecule is C=C/C=C1/N=CC(c2cnn(CCN3CCOCC3)c2)=CC1(N)c1ccccc1. The number of allylic oxidation sites excluding steroid dienone is 3. The van der Waals surface area contributed by atoms with Crippen LogP contribution in [-0.2, 0) is 16.8 Å². The van der Waals surface area contributed by atoms with Crippen molar-refractivity contribution in [3.63, 3.8) is 0 Å². The molecular formula is C23H27N5O. The molecule has 1 unspecified atom stereocenters. The van der Waals surface area contributed by atoms with Gasteiger partial charge in [0.05, 0.1) is 31.7 Å². The summed E-state index contributed by atoms with van der Waals surface area (Å²) in [6.45, 7) is 9.20. The fraction of sp³-hybridized carbons (Fsp3) is 0.304. The van der Waals surface area contributed by atoms with Crippen LogP contribution in [0.25, 0.3) is 5.57 Å². The Morgan fingerprint density at radius 2 is 1.97 bits per heavy atom. The molecule has 2 aliphatic rings. The minimum absolute atomic E-state index is 0.766. The molecule has 150 valence electrons. The highest BCUT2D eigenvalue weighted by atomic mass is 16.5. The Labute approximate surface area is 171 Å². The molecule has 1 saturated heterocycles. The summed E-state index contributed by atoms with van der Waals surface area (Å²) < 4.78 is 7.39. The topological polar surface area (TPSA) is 68.7 Å². The van der Waals surface area contributed by atoms with Crippen molar-refractivity contribution in [3.8, 4) is 0 Å². The largest absolute Gasteiger partial charge is 0.379 e. The Balaban J connectivity index is 1.56. The third kappa shape index (κ3) is 4.29. The maximum absolute atomic E-state index is 6.85. The number of morpholine rings is 1. The van der Waals surface area contributed by atoms with E-state index in [2.05, 4.69) is 33.8 Å². The number of hydrogen-bond donors (Lipinski definition) is 1. The van der Waals surface area contributed by atoms with E-state index in [1.54, 1.807) is 6.08 Å². The Morgan fingerprint density at radius 1 is 1.17 bits per heavy atom. The van der Waals surface area contributed by atoms with E-state index in [9.17, 15) is 0 Å². The third-order valence-electron chi connectivity index (χ3n) is 5.39. The first-order valence-corrected chi connectivity index (χ1v) is 9.96. The van der Waals surface area contributed by atoms with Crippen LogP contribution in [0.2, 0.25) is 0 Å². The minimum atomic E-state index is -0.810. The monoisotopic (exact) mass is 389 g/mol. The van der Waals surface area contributed by atoms with Gasteiger partial charge in [0, 0.05) is 43.2 Å². The van der Waals surface area contributed by atoms with Crippen LogP contribution >= 0.6 is 0 Å². The summed E-state index contributed by atoms with van der Waals surface area (Å²) >= 11 is 0. The number of hydrogen-bond acceptors (Lipinski definition) is 5. The van der Waals surface area contributed by atoms with Gasteiger partial charge in [0.2, 0.25) is 0 Å². The maximum Gasteiger partial charge on any atom is 0.103 e. The molecule has 1 aromatic heterocycles. The molecule has 2 N–H and O–H groups in total. The first-order valence-electron chi connectivity index (χ1n) is 9.96. The summed E-state index contributed by atoms with van der Waals surface area (Å²) in [7, 11) is 0. The molecule has 2 aromatic rings. The lowest BCUT2D eigenvalue weighted by molar-refractivity contribution is 0.0360. The van der Waals surface area contributed by atoms with Crippen LogP contribution in [0.15, 0.2) is 78.2 Å². The molecule has 2 aliphatic heterocycles. The third-order valence-corrected chi connectivity index (χ3v) is 5.39. The summed E-state index contributed by atoms with van der Waals surface area (Å²) in [5.41, 5.74) is 9.77. The van der Waals surface area contributed by atoms with E-state index in [4.69, 9.17) is 10.5 Å². The Bertz CT molecular complexity index is 937. The normalized spacial score (nSPS) is 23.9. The van der Waals surface area contributed by atoms with Crippen molar-refractivity contribution in [2.45, 2.75) is 12.1 Å². The van der Waals surface area contributed by atoms with Gasteiger partial charge in [0.1, 0.15) is 5.54 Å².